The number of rotatable bonds is 5. The first-order valence-electron chi connectivity index (χ1n) is 4.77. The zero-order valence-electron chi connectivity index (χ0n) is 8.78. The molecule has 0 saturated carbocycles. The van der Waals surface area contributed by atoms with Gasteiger partial charge in [-0.25, -0.2) is 0 Å². The van der Waals surface area contributed by atoms with Gasteiger partial charge >= 0.3 is 5.69 Å². The predicted octanol–water partition coefficient (Wildman–Crippen LogP) is 3.45. The van der Waals surface area contributed by atoms with Gasteiger partial charge in [0.2, 0.25) is 5.82 Å². The highest BCUT2D eigenvalue weighted by Gasteiger charge is 2.17. The highest BCUT2D eigenvalue weighted by atomic mass is 19.1. The second-order valence-corrected chi connectivity index (χ2v) is 3.08. The summed E-state index contributed by atoms with van der Waals surface area (Å²) >= 11 is 0. The summed E-state index contributed by atoms with van der Waals surface area (Å²) in [6.07, 6.45) is 3.47. The van der Waals surface area contributed by atoms with E-state index in [0.717, 1.165) is 6.07 Å². The smallest absolute Gasteiger partial charge is 0.258 e. The van der Waals surface area contributed by atoms with Crippen LogP contribution in [0.15, 0.2) is 29.4 Å². The lowest BCUT2D eigenvalue weighted by molar-refractivity contribution is -0.387. The Morgan fingerprint density at radius 3 is 3.00 bits per heavy atom. The molecule has 6 nitrogen and oxygen atoms in total. The van der Waals surface area contributed by atoms with E-state index >= 15 is 0 Å². The molecule has 0 saturated heterocycles. The number of nitro benzene ring substituents is 1. The highest BCUT2D eigenvalue weighted by Crippen LogP contribution is 2.23. The van der Waals surface area contributed by atoms with E-state index in [-0.39, 0.29) is 12.1 Å². The molecule has 0 heterocycles. The number of para-hydroxylation sites is 1. The largest absolute Gasteiger partial charge is 0.311 e. The molecular weight excluding hydrogens is 227 g/mol. The van der Waals surface area contributed by atoms with Gasteiger partial charge in [-0.3, -0.25) is 10.1 Å². The third-order valence-corrected chi connectivity index (χ3v) is 1.96. The molecule has 0 amide bonds. The lowest BCUT2D eigenvalue weighted by Gasteiger charge is -1.98. The Hall–Kier alpha value is -2.40. The molecule has 1 aromatic carbocycles. The van der Waals surface area contributed by atoms with Gasteiger partial charge in [-0.1, -0.05) is 23.3 Å². The molecule has 17 heavy (non-hydrogen) atoms. The minimum Gasteiger partial charge on any atom is -0.258 e. The zero-order valence-corrected chi connectivity index (χ0v) is 8.78. The maximum absolute atomic E-state index is 13.2. The van der Waals surface area contributed by atoms with Crippen LogP contribution >= 0.6 is 0 Å². The van der Waals surface area contributed by atoms with Crippen molar-refractivity contribution in [3.63, 3.8) is 0 Å². The lowest BCUT2D eigenvalue weighted by atomic mass is 10.1. The van der Waals surface area contributed by atoms with Crippen LogP contribution in [-0.4, -0.2) is 11.5 Å². The molecular formula is C10H9FN4O2. The van der Waals surface area contributed by atoms with Crippen LogP contribution in [-0.2, 0) is 0 Å². The number of halogens is 1. The van der Waals surface area contributed by atoms with Crippen LogP contribution in [0.3, 0.4) is 0 Å². The van der Waals surface area contributed by atoms with Crippen molar-refractivity contribution in [2.45, 2.75) is 6.42 Å². The molecule has 7 heteroatoms. The average Bonchev–Trinajstić information content (AvgIpc) is 2.28. The molecule has 88 valence electrons. The molecule has 0 aliphatic heterocycles. The van der Waals surface area contributed by atoms with Crippen LogP contribution in [0.25, 0.3) is 16.5 Å². The van der Waals surface area contributed by atoms with Crippen LogP contribution in [0.1, 0.15) is 12.0 Å². The number of benzene rings is 1. The summed E-state index contributed by atoms with van der Waals surface area (Å²) in [5, 5.41) is 13.9. The standard InChI is InChI=1S/C10H9FN4O2/c11-9-6-3-5-8(10(9)15(16)17)4-1-2-7-13-14-12/h1,3-6H,2,7H2. The summed E-state index contributed by atoms with van der Waals surface area (Å²) in [7, 11) is 0. The van der Waals surface area contributed by atoms with Crippen LogP contribution in [0.2, 0.25) is 0 Å². The summed E-state index contributed by atoms with van der Waals surface area (Å²) in [4.78, 5) is 12.4. The number of hydrogen-bond donors (Lipinski definition) is 0. The summed E-state index contributed by atoms with van der Waals surface area (Å²) in [5.74, 6) is -0.868. The Labute approximate surface area is 96.2 Å². The molecule has 0 aromatic heterocycles. The number of nitrogens with zero attached hydrogens (tertiary/aromatic N) is 4. The van der Waals surface area contributed by atoms with E-state index in [4.69, 9.17) is 5.53 Å². The van der Waals surface area contributed by atoms with E-state index in [1.165, 1.54) is 18.2 Å². The maximum atomic E-state index is 13.2. The van der Waals surface area contributed by atoms with E-state index in [2.05, 4.69) is 10.0 Å². The van der Waals surface area contributed by atoms with Crippen molar-refractivity contribution in [3.05, 3.63) is 56.2 Å². The Bertz CT molecular complexity index is 495. The molecule has 1 aromatic rings. The first-order valence-corrected chi connectivity index (χ1v) is 4.77. The fourth-order valence-corrected chi connectivity index (χ4v) is 1.25. The van der Waals surface area contributed by atoms with Crippen molar-refractivity contribution < 1.29 is 9.31 Å². The minimum atomic E-state index is -0.868. The van der Waals surface area contributed by atoms with Crippen LogP contribution < -0.4 is 0 Å². The van der Waals surface area contributed by atoms with Gasteiger partial charge in [-0.15, -0.1) is 0 Å². The lowest BCUT2D eigenvalue weighted by Crippen LogP contribution is -1.95. The third kappa shape index (κ3) is 3.58. The first kappa shape index (κ1) is 12.7. The Balaban J connectivity index is 2.87. The maximum Gasteiger partial charge on any atom is 0.311 e. The first-order chi connectivity index (χ1) is 8.16. The number of nitro groups is 1. The topological polar surface area (TPSA) is 91.9 Å². The van der Waals surface area contributed by atoms with E-state index in [0.29, 0.717) is 6.42 Å². The molecule has 0 aliphatic rings. The number of azide groups is 1. The Morgan fingerprint density at radius 1 is 1.59 bits per heavy atom. The summed E-state index contributed by atoms with van der Waals surface area (Å²) < 4.78 is 13.2. The van der Waals surface area contributed by atoms with Crippen molar-refractivity contribution in [2.75, 3.05) is 6.54 Å². The van der Waals surface area contributed by atoms with E-state index < -0.39 is 16.4 Å². The van der Waals surface area contributed by atoms with Crippen molar-refractivity contribution in [1.29, 1.82) is 0 Å². The molecule has 0 N–H and O–H groups in total. The van der Waals surface area contributed by atoms with E-state index in [1.54, 1.807) is 6.08 Å². The normalized spacial score (nSPS) is 10.2. The van der Waals surface area contributed by atoms with Gasteiger partial charge < -0.3 is 0 Å². The third-order valence-electron chi connectivity index (χ3n) is 1.96. The predicted molar refractivity (Wildman–Crippen MR) is 60.7 cm³/mol. The molecule has 0 radical (unpaired) electrons. The molecule has 0 atom stereocenters. The summed E-state index contributed by atoms with van der Waals surface area (Å²) in [6, 6.07) is 3.89. The fourth-order valence-electron chi connectivity index (χ4n) is 1.25. The molecule has 0 unspecified atom stereocenters. The van der Waals surface area contributed by atoms with Gasteiger partial charge in [0, 0.05) is 11.5 Å². The molecule has 0 fully saturated rings. The van der Waals surface area contributed by atoms with Crippen LogP contribution in [0, 0.1) is 15.9 Å². The second-order valence-electron chi connectivity index (χ2n) is 3.08. The van der Waals surface area contributed by atoms with Crippen molar-refractivity contribution in [1.82, 2.24) is 0 Å². The molecule has 0 aliphatic carbocycles. The van der Waals surface area contributed by atoms with Crippen molar-refractivity contribution in [3.8, 4) is 0 Å². The zero-order chi connectivity index (χ0) is 12.7. The summed E-state index contributed by atoms with van der Waals surface area (Å²) in [5.41, 5.74) is 7.67. The molecule has 0 bridgehead atoms. The Kier molecular flexibility index (Phi) is 4.65. The van der Waals surface area contributed by atoms with Crippen LogP contribution in [0.5, 0.6) is 0 Å². The van der Waals surface area contributed by atoms with Gasteiger partial charge in [0.05, 0.1) is 10.5 Å². The van der Waals surface area contributed by atoms with Gasteiger partial charge in [0.1, 0.15) is 0 Å². The quantitative estimate of drug-likeness (QED) is 0.195. The fraction of sp³-hybridized carbons (Fsp3) is 0.200. The SMILES string of the molecule is [N-]=[N+]=NCCC=Cc1cccc(F)c1[N+](=O)[O-]. The minimum absolute atomic E-state index is 0.191. The molecule has 0 spiro atoms. The van der Waals surface area contributed by atoms with Gasteiger partial charge in [-0.2, -0.15) is 4.39 Å². The Morgan fingerprint density at radius 2 is 2.35 bits per heavy atom. The second kappa shape index (κ2) is 6.24. The van der Waals surface area contributed by atoms with E-state index in [1.807, 2.05) is 0 Å². The van der Waals surface area contributed by atoms with Gasteiger partial charge in [0.15, 0.2) is 0 Å². The molecule has 1 rings (SSSR count). The highest BCUT2D eigenvalue weighted by molar-refractivity contribution is 5.61. The van der Waals surface area contributed by atoms with Gasteiger partial charge in [0.25, 0.3) is 0 Å². The van der Waals surface area contributed by atoms with E-state index in [9.17, 15) is 14.5 Å². The number of hydrogen-bond acceptors (Lipinski definition) is 3. The van der Waals surface area contributed by atoms with Gasteiger partial charge in [-0.05, 0) is 24.1 Å². The summed E-state index contributed by atoms with van der Waals surface area (Å²) in [6.45, 7) is 0.260. The van der Waals surface area contributed by atoms with Crippen molar-refractivity contribution >= 4 is 11.8 Å². The van der Waals surface area contributed by atoms with Crippen molar-refractivity contribution in [2.24, 2.45) is 5.11 Å². The van der Waals surface area contributed by atoms with Crippen LogP contribution in [0.4, 0.5) is 10.1 Å². The monoisotopic (exact) mass is 236 g/mol. The average molecular weight is 236 g/mol.